The number of rotatable bonds is 2. The lowest BCUT2D eigenvalue weighted by molar-refractivity contribution is 0.914. The lowest BCUT2D eigenvalue weighted by atomic mass is 9.91. The summed E-state index contributed by atoms with van der Waals surface area (Å²) < 4.78 is 0. The highest BCUT2D eigenvalue weighted by Crippen LogP contribution is 2.26. The van der Waals surface area contributed by atoms with Crippen LogP contribution in [0.3, 0.4) is 0 Å². The van der Waals surface area contributed by atoms with Crippen LogP contribution < -0.4 is 0 Å². The predicted octanol–water partition coefficient (Wildman–Crippen LogP) is 5.59. The maximum atomic E-state index is 2.30. The maximum Gasteiger partial charge on any atom is -0.0228 e. The molecule has 1 aliphatic carbocycles. The molecule has 0 amide bonds. The number of hydrogen-bond acceptors (Lipinski definition) is 0. The number of hydrogen-bond donors (Lipinski definition) is 0. The molecule has 0 bridgehead atoms. The quantitative estimate of drug-likeness (QED) is 0.566. The van der Waals surface area contributed by atoms with Crippen LogP contribution >= 0.6 is 0 Å². The van der Waals surface area contributed by atoms with E-state index in [0.717, 1.165) is 0 Å². The van der Waals surface area contributed by atoms with Crippen molar-refractivity contribution in [2.45, 2.75) is 54.4 Å². The minimum Gasteiger partial charge on any atom is -0.0871 e. The van der Waals surface area contributed by atoms with E-state index in [1.165, 1.54) is 35.1 Å². The van der Waals surface area contributed by atoms with Crippen molar-refractivity contribution in [1.29, 1.82) is 0 Å². The van der Waals surface area contributed by atoms with Crippen LogP contribution in [0.5, 0.6) is 0 Å². The van der Waals surface area contributed by atoms with Gasteiger partial charge in [0.25, 0.3) is 0 Å². The summed E-state index contributed by atoms with van der Waals surface area (Å²) in [6.45, 7) is 12.6. The standard InChI is InChI=1S/C14H20.C2H6/c1-5-6-13-10-12(4)7-8-14(13)9-11(2)3;1-2/h5-6,9-10H,7-8H2,1-4H3;1-2H3/b6-5-;. The van der Waals surface area contributed by atoms with Crippen LogP contribution in [-0.4, -0.2) is 0 Å². The van der Waals surface area contributed by atoms with Crippen molar-refractivity contribution >= 4 is 0 Å². The molecule has 0 aromatic rings. The molecule has 0 saturated carbocycles. The molecule has 0 heteroatoms. The van der Waals surface area contributed by atoms with E-state index in [1.807, 2.05) is 13.8 Å². The van der Waals surface area contributed by atoms with Crippen molar-refractivity contribution in [2.24, 2.45) is 0 Å². The van der Waals surface area contributed by atoms with Crippen molar-refractivity contribution in [3.63, 3.8) is 0 Å². The molecule has 1 rings (SSSR count). The van der Waals surface area contributed by atoms with Crippen LogP contribution in [0.4, 0.5) is 0 Å². The van der Waals surface area contributed by atoms with Gasteiger partial charge in [-0.05, 0) is 51.7 Å². The Morgan fingerprint density at radius 1 is 1.19 bits per heavy atom. The largest absolute Gasteiger partial charge is 0.0871 e. The zero-order valence-electron chi connectivity index (χ0n) is 11.7. The van der Waals surface area contributed by atoms with Gasteiger partial charge in [0.2, 0.25) is 0 Å². The highest BCUT2D eigenvalue weighted by molar-refractivity contribution is 5.45. The van der Waals surface area contributed by atoms with E-state index < -0.39 is 0 Å². The van der Waals surface area contributed by atoms with Gasteiger partial charge in [-0.1, -0.05) is 49.3 Å². The maximum absolute atomic E-state index is 2.30. The van der Waals surface area contributed by atoms with E-state index in [0.29, 0.717) is 0 Å². The van der Waals surface area contributed by atoms with Crippen LogP contribution in [0.25, 0.3) is 0 Å². The average Bonchev–Trinajstić information content (AvgIpc) is 2.25. The van der Waals surface area contributed by atoms with Gasteiger partial charge in [-0.15, -0.1) is 0 Å². The smallest absolute Gasteiger partial charge is 0.0228 e. The second kappa shape index (κ2) is 8.15. The van der Waals surface area contributed by atoms with Crippen molar-refractivity contribution in [1.82, 2.24) is 0 Å². The summed E-state index contributed by atoms with van der Waals surface area (Å²) in [7, 11) is 0. The average molecular weight is 218 g/mol. The second-order valence-electron chi connectivity index (χ2n) is 4.19. The molecule has 0 fully saturated rings. The van der Waals surface area contributed by atoms with Gasteiger partial charge in [0.05, 0.1) is 0 Å². The lowest BCUT2D eigenvalue weighted by Crippen LogP contribution is -1.94. The molecule has 0 nitrogen and oxygen atoms in total. The van der Waals surface area contributed by atoms with Crippen LogP contribution in [-0.2, 0) is 0 Å². The molecular weight excluding hydrogens is 192 g/mol. The molecule has 0 unspecified atom stereocenters. The Balaban J connectivity index is 0.00000106. The molecule has 0 aliphatic heterocycles. The lowest BCUT2D eigenvalue weighted by Gasteiger charge is -2.14. The van der Waals surface area contributed by atoms with Gasteiger partial charge >= 0.3 is 0 Å². The highest BCUT2D eigenvalue weighted by atomic mass is 14.1. The van der Waals surface area contributed by atoms with Crippen LogP contribution in [0.15, 0.2) is 46.6 Å². The molecule has 0 aromatic heterocycles. The van der Waals surface area contributed by atoms with Crippen molar-refractivity contribution in [2.75, 3.05) is 0 Å². The first-order valence-corrected chi connectivity index (χ1v) is 6.31. The van der Waals surface area contributed by atoms with E-state index in [4.69, 9.17) is 0 Å². The molecule has 16 heavy (non-hydrogen) atoms. The molecular formula is C16H26. The van der Waals surface area contributed by atoms with Crippen LogP contribution in [0, 0.1) is 0 Å². The van der Waals surface area contributed by atoms with E-state index in [9.17, 15) is 0 Å². The van der Waals surface area contributed by atoms with E-state index in [-0.39, 0.29) is 0 Å². The Bertz CT molecular complexity index is 318. The monoisotopic (exact) mass is 218 g/mol. The predicted molar refractivity (Wildman–Crippen MR) is 75.6 cm³/mol. The van der Waals surface area contributed by atoms with Gasteiger partial charge in [0.1, 0.15) is 0 Å². The van der Waals surface area contributed by atoms with Crippen LogP contribution in [0.1, 0.15) is 54.4 Å². The molecule has 0 spiro atoms. The zero-order chi connectivity index (χ0) is 12.6. The normalized spacial score (nSPS) is 15.5. The van der Waals surface area contributed by atoms with E-state index >= 15 is 0 Å². The van der Waals surface area contributed by atoms with Gasteiger partial charge in [-0.3, -0.25) is 0 Å². The fourth-order valence-corrected chi connectivity index (χ4v) is 1.75. The second-order valence-corrected chi connectivity index (χ2v) is 4.19. The molecule has 0 N–H and O–H groups in total. The first-order chi connectivity index (χ1) is 7.63. The highest BCUT2D eigenvalue weighted by Gasteiger charge is 2.06. The Kier molecular flexibility index (Phi) is 7.62. The third-order valence-corrected chi connectivity index (χ3v) is 2.37. The molecule has 1 aliphatic rings. The summed E-state index contributed by atoms with van der Waals surface area (Å²) in [5, 5.41) is 0. The van der Waals surface area contributed by atoms with Gasteiger partial charge in [-0.25, -0.2) is 0 Å². The Hall–Kier alpha value is -1.04. The van der Waals surface area contributed by atoms with E-state index in [1.54, 1.807) is 0 Å². The molecule has 0 aromatic carbocycles. The summed E-state index contributed by atoms with van der Waals surface area (Å²) in [5.74, 6) is 0. The van der Waals surface area contributed by atoms with Crippen LogP contribution in [0.2, 0.25) is 0 Å². The first-order valence-electron chi connectivity index (χ1n) is 6.31. The molecule has 0 radical (unpaired) electrons. The zero-order valence-corrected chi connectivity index (χ0v) is 11.7. The van der Waals surface area contributed by atoms with Crippen molar-refractivity contribution in [3.05, 3.63) is 46.6 Å². The van der Waals surface area contributed by atoms with Gasteiger partial charge in [0, 0.05) is 0 Å². The minimum atomic E-state index is 1.19. The fraction of sp³-hybridized carbons (Fsp3) is 0.500. The Morgan fingerprint density at radius 3 is 2.31 bits per heavy atom. The van der Waals surface area contributed by atoms with Gasteiger partial charge in [-0.2, -0.15) is 0 Å². The Labute approximate surface area is 101 Å². The number of allylic oxidation sites excluding steroid dienone is 8. The SMILES string of the molecule is C/C=C\C1=C(C=C(C)C)CCC(C)=C1.CC. The van der Waals surface area contributed by atoms with Gasteiger partial charge in [0.15, 0.2) is 0 Å². The van der Waals surface area contributed by atoms with Crippen molar-refractivity contribution < 1.29 is 0 Å². The molecule has 0 saturated heterocycles. The minimum absolute atomic E-state index is 1.19. The first kappa shape index (κ1) is 15.0. The third-order valence-electron chi connectivity index (χ3n) is 2.37. The summed E-state index contributed by atoms with van der Waals surface area (Å²) in [5.41, 5.74) is 5.74. The summed E-state index contributed by atoms with van der Waals surface area (Å²) in [4.78, 5) is 0. The molecule has 0 atom stereocenters. The molecule has 0 heterocycles. The third kappa shape index (κ3) is 5.16. The van der Waals surface area contributed by atoms with Gasteiger partial charge < -0.3 is 0 Å². The fourth-order valence-electron chi connectivity index (χ4n) is 1.75. The summed E-state index contributed by atoms with van der Waals surface area (Å²) in [6.07, 6.45) is 11.3. The Morgan fingerprint density at radius 2 is 1.81 bits per heavy atom. The topological polar surface area (TPSA) is 0 Å². The molecule has 90 valence electrons. The summed E-state index contributed by atoms with van der Waals surface area (Å²) >= 11 is 0. The summed E-state index contributed by atoms with van der Waals surface area (Å²) in [6, 6.07) is 0. The van der Waals surface area contributed by atoms with E-state index in [2.05, 4.69) is 52.0 Å². The van der Waals surface area contributed by atoms with Crippen molar-refractivity contribution in [3.8, 4) is 0 Å².